The molecular formula is C24H22FNO3. The van der Waals surface area contributed by atoms with E-state index in [1.165, 1.54) is 7.11 Å². The maximum Gasteiger partial charge on any atom is 0.255 e. The summed E-state index contributed by atoms with van der Waals surface area (Å²) in [5.74, 6) is 2.65. The fraction of sp³-hybridized carbons (Fsp3) is 0.208. The third kappa shape index (κ3) is 5.26. The van der Waals surface area contributed by atoms with E-state index in [-0.39, 0.29) is 19.6 Å². The predicted molar refractivity (Wildman–Crippen MR) is 112 cm³/mol. The average molecular weight is 391 g/mol. The zero-order valence-electron chi connectivity index (χ0n) is 16.2. The lowest BCUT2D eigenvalue weighted by Crippen LogP contribution is -2.32. The van der Waals surface area contributed by atoms with E-state index >= 15 is 0 Å². The highest BCUT2D eigenvalue weighted by atomic mass is 19.1. The Morgan fingerprint density at radius 2 is 1.83 bits per heavy atom. The zero-order chi connectivity index (χ0) is 20.6. The number of terminal acetylenes is 1. The van der Waals surface area contributed by atoms with Crippen molar-refractivity contribution in [3.63, 3.8) is 0 Å². The number of amides is 1. The lowest BCUT2D eigenvalue weighted by molar-refractivity contribution is -0.126. The fourth-order valence-corrected chi connectivity index (χ4v) is 3.03. The van der Waals surface area contributed by atoms with Gasteiger partial charge >= 0.3 is 0 Å². The number of carbonyl (C=O) groups excluding carboxylic acids is 1. The summed E-state index contributed by atoms with van der Waals surface area (Å²) in [5, 5.41) is 4.86. The van der Waals surface area contributed by atoms with Gasteiger partial charge in [-0.3, -0.25) is 4.79 Å². The van der Waals surface area contributed by atoms with E-state index in [1.54, 1.807) is 18.2 Å². The molecule has 4 nitrogen and oxygen atoms in total. The minimum atomic E-state index is -1.67. The van der Waals surface area contributed by atoms with Gasteiger partial charge in [-0.15, -0.1) is 6.42 Å². The van der Waals surface area contributed by atoms with E-state index in [1.807, 2.05) is 42.5 Å². The number of benzene rings is 3. The molecule has 0 bridgehead atoms. The summed E-state index contributed by atoms with van der Waals surface area (Å²) in [6, 6.07) is 18.9. The maximum atomic E-state index is 14.5. The van der Waals surface area contributed by atoms with Crippen LogP contribution in [0, 0.1) is 12.3 Å². The Bertz CT molecular complexity index is 1040. The van der Waals surface area contributed by atoms with Crippen LogP contribution in [-0.4, -0.2) is 25.8 Å². The smallest absolute Gasteiger partial charge is 0.255 e. The number of hydrogen-bond acceptors (Lipinski definition) is 3. The van der Waals surface area contributed by atoms with Crippen molar-refractivity contribution in [1.82, 2.24) is 5.32 Å². The summed E-state index contributed by atoms with van der Waals surface area (Å²) in [7, 11) is 1.49. The lowest BCUT2D eigenvalue weighted by Gasteiger charge is -2.13. The monoisotopic (exact) mass is 391 g/mol. The Kier molecular flexibility index (Phi) is 6.70. The first-order chi connectivity index (χ1) is 14.1. The fourth-order valence-electron chi connectivity index (χ4n) is 3.03. The number of halogens is 1. The molecule has 0 saturated heterocycles. The highest BCUT2D eigenvalue weighted by molar-refractivity contribution is 5.83. The molecule has 5 heteroatoms. The van der Waals surface area contributed by atoms with Gasteiger partial charge < -0.3 is 14.8 Å². The van der Waals surface area contributed by atoms with Gasteiger partial charge in [0, 0.05) is 13.0 Å². The Hall–Kier alpha value is -3.52. The van der Waals surface area contributed by atoms with Crippen LogP contribution >= 0.6 is 0 Å². The molecule has 1 N–H and O–H groups in total. The van der Waals surface area contributed by atoms with Crippen LogP contribution < -0.4 is 14.8 Å². The second-order valence-electron chi connectivity index (χ2n) is 6.55. The summed E-state index contributed by atoms with van der Waals surface area (Å²) in [6.45, 7) is 0.380. The molecule has 0 aliphatic rings. The van der Waals surface area contributed by atoms with Crippen LogP contribution in [0.2, 0.25) is 0 Å². The number of fused-ring (bicyclic) bond motifs is 1. The minimum Gasteiger partial charge on any atom is -0.493 e. The number of nitrogens with one attached hydrogen (secondary N) is 1. The first kappa shape index (κ1) is 20.2. The van der Waals surface area contributed by atoms with Gasteiger partial charge in [0.2, 0.25) is 0 Å². The van der Waals surface area contributed by atoms with Crippen molar-refractivity contribution in [3.05, 3.63) is 71.8 Å². The van der Waals surface area contributed by atoms with Crippen molar-refractivity contribution in [2.45, 2.75) is 19.1 Å². The summed E-state index contributed by atoms with van der Waals surface area (Å²) < 4.78 is 25.1. The Morgan fingerprint density at radius 3 is 2.59 bits per heavy atom. The number of rotatable bonds is 8. The van der Waals surface area contributed by atoms with Crippen molar-refractivity contribution >= 4 is 16.7 Å². The van der Waals surface area contributed by atoms with Gasteiger partial charge in [-0.2, -0.15) is 0 Å². The second kappa shape index (κ2) is 9.61. The van der Waals surface area contributed by atoms with Gasteiger partial charge in [-0.1, -0.05) is 48.4 Å². The minimum absolute atomic E-state index is 0.0602. The zero-order valence-corrected chi connectivity index (χ0v) is 16.2. The standard InChI is InChI=1S/C24H22FNO3/c1-3-12-29-22-11-9-17(15-23(22)28-2)14-21(25)24(27)26-16-18-8-10-19-6-4-5-7-20(19)13-18/h1,4-11,13,15,21H,12,14,16H2,2H3,(H,26,27). The van der Waals surface area contributed by atoms with E-state index in [9.17, 15) is 9.18 Å². The van der Waals surface area contributed by atoms with Crippen LogP contribution in [-0.2, 0) is 17.8 Å². The van der Waals surface area contributed by atoms with Crippen LogP contribution in [0.3, 0.4) is 0 Å². The molecule has 0 aliphatic heterocycles. The molecule has 0 spiro atoms. The number of carbonyl (C=O) groups is 1. The summed E-state index contributed by atoms with van der Waals surface area (Å²) in [6.07, 6.45) is 3.46. The first-order valence-corrected chi connectivity index (χ1v) is 9.23. The Morgan fingerprint density at radius 1 is 1.07 bits per heavy atom. The molecule has 0 radical (unpaired) electrons. The molecule has 0 saturated carbocycles. The number of hydrogen-bond donors (Lipinski definition) is 1. The van der Waals surface area contributed by atoms with Gasteiger partial charge in [0.1, 0.15) is 6.61 Å². The Balaban J connectivity index is 1.59. The normalized spacial score (nSPS) is 11.5. The van der Waals surface area contributed by atoms with Gasteiger partial charge in [-0.25, -0.2) is 4.39 Å². The van der Waals surface area contributed by atoms with E-state index in [2.05, 4.69) is 11.2 Å². The molecule has 0 fully saturated rings. The van der Waals surface area contributed by atoms with Crippen molar-refractivity contribution in [2.24, 2.45) is 0 Å². The highest BCUT2D eigenvalue weighted by Crippen LogP contribution is 2.28. The van der Waals surface area contributed by atoms with E-state index in [4.69, 9.17) is 15.9 Å². The molecule has 3 rings (SSSR count). The van der Waals surface area contributed by atoms with Crippen LogP contribution in [0.1, 0.15) is 11.1 Å². The highest BCUT2D eigenvalue weighted by Gasteiger charge is 2.18. The molecule has 0 aliphatic carbocycles. The third-order valence-electron chi connectivity index (χ3n) is 4.52. The van der Waals surface area contributed by atoms with Crippen molar-refractivity contribution in [1.29, 1.82) is 0 Å². The number of methoxy groups -OCH3 is 1. The van der Waals surface area contributed by atoms with E-state index in [0.29, 0.717) is 17.1 Å². The van der Waals surface area contributed by atoms with E-state index < -0.39 is 12.1 Å². The quantitative estimate of drug-likeness (QED) is 0.589. The van der Waals surface area contributed by atoms with Crippen LogP contribution in [0.15, 0.2) is 60.7 Å². The molecule has 0 heterocycles. The van der Waals surface area contributed by atoms with Crippen LogP contribution in [0.5, 0.6) is 11.5 Å². The summed E-state index contributed by atoms with van der Waals surface area (Å²) in [4.78, 5) is 12.2. The molecule has 1 unspecified atom stereocenters. The SMILES string of the molecule is C#CCOc1ccc(CC(F)C(=O)NCc2ccc3ccccc3c2)cc1OC. The van der Waals surface area contributed by atoms with Crippen molar-refractivity contribution in [3.8, 4) is 23.8 Å². The average Bonchev–Trinajstić information content (AvgIpc) is 2.76. The van der Waals surface area contributed by atoms with Gasteiger partial charge in [0.05, 0.1) is 7.11 Å². The molecular weight excluding hydrogens is 369 g/mol. The summed E-state index contributed by atoms with van der Waals surface area (Å²) in [5.41, 5.74) is 1.55. The lowest BCUT2D eigenvalue weighted by atomic mass is 10.1. The molecule has 0 aromatic heterocycles. The van der Waals surface area contributed by atoms with Gasteiger partial charge in [0.15, 0.2) is 17.7 Å². The number of alkyl halides is 1. The van der Waals surface area contributed by atoms with Crippen LogP contribution in [0.25, 0.3) is 10.8 Å². The molecule has 29 heavy (non-hydrogen) atoms. The largest absolute Gasteiger partial charge is 0.493 e. The third-order valence-corrected chi connectivity index (χ3v) is 4.52. The molecule has 148 valence electrons. The van der Waals surface area contributed by atoms with Crippen molar-refractivity contribution in [2.75, 3.05) is 13.7 Å². The molecule has 3 aromatic rings. The predicted octanol–water partition coefficient (Wildman–Crippen LogP) is 4.06. The van der Waals surface area contributed by atoms with E-state index in [0.717, 1.165) is 16.3 Å². The maximum absolute atomic E-state index is 14.5. The molecule has 1 amide bonds. The number of ether oxygens (including phenoxy) is 2. The van der Waals surface area contributed by atoms with Gasteiger partial charge in [-0.05, 0) is 40.1 Å². The van der Waals surface area contributed by atoms with Crippen molar-refractivity contribution < 1.29 is 18.7 Å². The topological polar surface area (TPSA) is 47.6 Å². The molecule has 1 atom stereocenters. The van der Waals surface area contributed by atoms with Gasteiger partial charge in [0.25, 0.3) is 5.91 Å². The first-order valence-electron chi connectivity index (χ1n) is 9.23. The Labute approximate surface area is 169 Å². The molecule has 3 aromatic carbocycles. The second-order valence-corrected chi connectivity index (χ2v) is 6.55. The van der Waals surface area contributed by atoms with Crippen LogP contribution in [0.4, 0.5) is 4.39 Å². The summed E-state index contributed by atoms with van der Waals surface area (Å²) >= 11 is 0.